The van der Waals surface area contributed by atoms with Gasteiger partial charge in [0, 0.05) is 29.4 Å². The van der Waals surface area contributed by atoms with E-state index in [1.54, 1.807) is 18.4 Å². The highest BCUT2D eigenvalue weighted by Crippen LogP contribution is 2.30. The summed E-state index contributed by atoms with van der Waals surface area (Å²) in [5.41, 5.74) is 2.91. The van der Waals surface area contributed by atoms with Crippen LogP contribution in [0.3, 0.4) is 0 Å². The Labute approximate surface area is 175 Å². The Bertz CT molecular complexity index is 941. The molecule has 4 rings (SSSR count). The molecule has 1 fully saturated rings. The predicted octanol–water partition coefficient (Wildman–Crippen LogP) is 4.67. The van der Waals surface area contributed by atoms with Crippen LogP contribution in [-0.2, 0) is 11.3 Å². The third-order valence-corrected chi connectivity index (χ3v) is 6.07. The number of methoxy groups -OCH3 is 1. The Balaban J connectivity index is 1.45. The maximum Gasteiger partial charge on any atom is 0.228 e. The first-order valence-corrected chi connectivity index (χ1v) is 10.8. The number of rotatable bonds is 6. The van der Waals surface area contributed by atoms with Crippen molar-refractivity contribution in [1.29, 1.82) is 0 Å². The predicted molar refractivity (Wildman–Crippen MR) is 117 cm³/mol. The molecular formula is C23H25N3O2S. The lowest BCUT2D eigenvalue weighted by molar-refractivity contribution is -0.121. The number of ether oxygens (including phenoxy) is 1. The van der Waals surface area contributed by atoms with Crippen LogP contribution in [0.2, 0.25) is 0 Å². The zero-order valence-corrected chi connectivity index (χ0v) is 17.3. The SMILES string of the molecule is COc1ccc(-c2ccccc2NC(=O)[C@H]2CCCN(Cc3nccs3)C2)cc1. The van der Waals surface area contributed by atoms with Crippen LogP contribution >= 0.6 is 11.3 Å². The second kappa shape index (κ2) is 9.20. The van der Waals surface area contributed by atoms with E-state index >= 15 is 0 Å². The third-order valence-electron chi connectivity index (χ3n) is 5.30. The first kappa shape index (κ1) is 19.6. The molecule has 1 amide bonds. The summed E-state index contributed by atoms with van der Waals surface area (Å²) in [6, 6.07) is 15.8. The fraction of sp³-hybridized carbons (Fsp3) is 0.304. The monoisotopic (exact) mass is 407 g/mol. The van der Waals surface area contributed by atoms with Crippen molar-refractivity contribution >= 4 is 22.9 Å². The molecule has 1 saturated heterocycles. The number of hydrogen-bond donors (Lipinski definition) is 1. The average Bonchev–Trinajstić information content (AvgIpc) is 3.27. The first-order chi connectivity index (χ1) is 14.2. The Morgan fingerprint density at radius 1 is 1.24 bits per heavy atom. The number of para-hydroxylation sites is 1. The summed E-state index contributed by atoms with van der Waals surface area (Å²) < 4.78 is 5.25. The van der Waals surface area contributed by atoms with Crippen LogP contribution in [0.15, 0.2) is 60.1 Å². The molecule has 0 unspecified atom stereocenters. The van der Waals surface area contributed by atoms with Crippen molar-refractivity contribution in [3.05, 3.63) is 65.1 Å². The molecule has 0 radical (unpaired) electrons. The van der Waals surface area contributed by atoms with Gasteiger partial charge in [-0.15, -0.1) is 11.3 Å². The molecule has 2 heterocycles. The van der Waals surface area contributed by atoms with Crippen molar-refractivity contribution in [2.45, 2.75) is 19.4 Å². The normalized spacial score (nSPS) is 17.1. The lowest BCUT2D eigenvalue weighted by Gasteiger charge is -2.31. The molecule has 0 aliphatic carbocycles. The van der Waals surface area contributed by atoms with Gasteiger partial charge in [-0.1, -0.05) is 30.3 Å². The highest BCUT2D eigenvalue weighted by atomic mass is 32.1. The summed E-state index contributed by atoms with van der Waals surface area (Å²) in [5, 5.41) is 6.28. The van der Waals surface area contributed by atoms with E-state index in [1.807, 2.05) is 60.1 Å². The number of nitrogens with one attached hydrogen (secondary N) is 1. The van der Waals surface area contributed by atoms with Crippen molar-refractivity contribution in [3.63, 3.8) is 0 Å². The zero-order chi connectivity index (χ0) is 20.1. The minimum absolute atomic E-state index is 0.00682. The number of anilines is 1. The Hall–Kier alpha value is -2.70. The molecule has 0 saturated carbocycles. The second-order valence-electron chi connectivity index (χ2n) is 7.26. The molecule has 6 heteroatoms. The van der Waals surface area contributed by atoms with E-state index in [4.69, 9.17) is 4.74 Å². The van der Waals surface area contributed by atoms with E-state index in [-0.39, 0.29) is 11.8 Å². The lowest BCUT2D eigenvalue weighted by Crippen LogP contribution is -2.40. The minimum atomic E-state index is -0.00682. The van der Waals surface area contributed by atoms with Gasteiger partial charge < -0.3 is 10.1 Å². The molecule has 0 bridgehead atoms. The Morgan fingerprint density at radius 2 is 2.07 bits per heavy atom. The van der Waals surface area contributed by atoms with E-state index in [0.29, 0.717) is 0 Å². The topological polar surface area (TPSA) is 54.5 Å². The van der Waals surface area contributed by atoms with Crippen molar-refractivity contribution in [1.82, 2.24) is 9.88 Å². The first-order valence-electron chi connectivity index (χ1n) is 9.88. The summed E-state index contributed by atoms with van der Waals surface area (Å²) in [6.07, 6.45) is 3.79. The van der Waals surface area contributed by atoms with E-state index in [1.165, 1.54) is 0 Å². The molecule has 1 atom stereocenters. The third kappa shape index (κ3) is 4.83. The molecule has 5 nitrogen and oxygen atoms in total. The molecule has 1 aliphatic rings. The maximum absolute atomic E-state index is 13.0. The molecule has 0 spiro atoms. The van der Waals surface area contributed by atoms with Crippen LogP contribution in [-0.4, -0.2) is 36.0 Å². The van der Waals surface area contributed by atoms with Crippen LogP contribution in [0.4, 0.5) is 5.69 Å². The summed E-state index contributed by atoms with van der Waals surface area (Å²) >= 11 is 1.67. The van der Waals surface area contributed by atoms with Gasteiger partial charge in [0.2, 0.25) is 5.91 Å². The van der Waals surface area contributed by atoms with Crippen LogP contribution in [0.25, 0.3) is 11.1 Å². The fourth-order valence-electron chi connectivity index (χ4n) is 3.78. The largest absolute Gasteiger partial charge is 0.497 e. The molecule has 2 aromatic carbocycles. The molecule has 1 aromatic heterocycles. The van der Waals surface area contributed by atoms with Gasteiger partial charge in [0.05, 0.1) is 19.6 Å². The number of nitrogens with zero attached hydrogens (tertiary/aromatic N) is 2. The number of aromatic nitrogens is 1. The van der Waals surface area contributed by atoms with Crippen molar-refractivity contribution in [3.8, 4) is 16.9 Å². The van der Waals surface area contributed by atoms with E-state index in [9.17, 15) is 4.79 Å². The Morgan fingerprint density at radius 3 is 2.83 bits per heavy atom. The number of piperidine rings is 1. The van der Waals surface area contributed by atoms with Crippen LogP contribution < -0.4 is 10.1 Å². The van der Waals surface area contributed by atoms with Gasteiger partial charge in [0.15, 0.2) is 0 Å². The number of likely N-dealkylation sites (tertiary alicyclic amines) is 1. The van der Waals surface area contributed by atoms with Crippen LogP contribution in [0.1, 0.15) is 17.8 Å². The van der Waals surface area contributed by atoms with Crippen molar-refractivity contribution < 1.29 is 9.53 Å². The Kier molecular flexibility index (Phi) is 6.22. The van der Waals surface area contributed by atoms with E-state index in [2.05, 4.69) is 15.2 Å². The lowest BCUT2D eigenvalue weighted by atomic mass is 9.96. The summed E-state index contributed by atoms with van der Waals surface area (Å²) in [7, 11) is 1.66. The van der Waals surface area contributed by atoms with Crippen molar-refractivity contribution in [2.75, 3.05) is 25.5 Å². The minimum Gasteiger partial charge on any atom is -0.497 e. The van der Waals surface area contributed by atoms with Gasteiger partial charge in [-0.3, -0.25) is 9.69 Å². The number of thiazole rings is 1. The van der Waals surface area contributed by atoms with Gasteiger partial charge in [0.1, 0.15) is 10.8 Å². The second-order valence-corrected chi connectivity index (χ2v) is 8.24. The molecule has 29 heavy (non-hydrogen) atoms. The number of benzene rings is 2. The van der Waals surface area contributed by atoms with Gasteiger partial charge in [-0.25, -0.2) is 4.98 Å². The molecular weight excluding hydrogens is 382 g/mol. The quantitative estimate of drug-likeness (QED) is 0.645. The van der Waals surface area contributed by atoms with Crippen molar-refractivity contribution in [2.24, 2.45) is 5.92 Å². The smallest absolute Gasteiger partial charge is 0.228 e. The van der Waals surface area contributed by atoms with E-state index in [0.717, 1.165) is 60.0 Å². The molecule has 1 N–H and O–H groups in total. The number of carbonyl (C=O) groups excluding carboxylic acids is 1. The number of carbonyl (C=O) groups is 1. The summed E-state index contributed by atoms with van der Waals surface area (Å²) in [6.45, 7) is 2.62. The molecule has 1 aliphatic heterocycles. The van der Waals surface area contributed by atoms with Crippen LogP contribution in [0, 0.1) is 5.92 Å². The standard InChI is InChI=1S/C23H25N3O2S/c1-28-19-10-8-17(9-11-19)20-6-2-3-7-21(20)25-23(27)18-5-4-13-26(15-18)16-22-24-12-14-29-22/h2-3,6-12,14,18H,4-5,13,15-16H2,1H3,(H,25,27)/t18-/m0/s1. The highest BCUT2D eigenvalue weighted by Gasteiger charge is 2.26. The molecule has 150 valence electrons. The zero-order valence-electron chi connectivity index (χ0n) is 16.5. The number of amides is 1. The number of hydrogen-bond acceptors (Lipinski definition) is 5. The van der Waals surface area contributed by atoms with Gasteiger partial charge >= 0.3 is 0 Å². The summed E-state index contributed by atoms with van der Waals surface area (Å²) in [5.74, 6) is 0.903. The van der Waals surface area contributed by atoms with Gasteiger partial charge in [-0.2, -0.15) is 0 Å². The van der Waals surface area contributed by atoms with E-state index < -0.39 is 0 Å². The van der Waals surface area contributed by atoms with Gasteiger partial charge in [-0.05, 0) is 43.1 Å². The fourth-order valence-corrected chi connectivity index (χ4v) is 4.44. The average molecular weight is 408 g/mol. The summed E-state index contributed by atoms with van der Waals surface area (Å²) in [4.78, 5) is 19.7. The molecule has 3 aromatic rings. The maximum atomic E-state index is 13.0. The highest BCUT2D eigenvalue weighted by molar-refractivity contribution is 7.09. The van der Waals surface area contributed by atoms with Crippen LogP contribution in [0.5, 0.6) is 5.75 Å². The van der Waals surface area contributed by atoms with Gasteiger partial charge in [0.25, 0.3) is 0 Å².